The van der Waals surface area contributed by atoms with E-state index in [1.54, 1.807) is 0 Å². The highest BCUT2D eigenvalue weighted by Gasteiger charge is 2.09. The first-order chi connectivity index (χ1) is 11.5. The summed E-state index contributed by atoms with van der Waals surface area (Å²) in [6.45, 7) is -0.0568. The van der Waals surface area contributed by atoms with Crippen molar-refractivity contribution >= 4 is 39.1 Å². The van der Waals surface area contributed by atoms with Gasteiger partial charge < -0.3 is 15.5 Å². The number of hydrogen-bond acceptors (Lipinski definition) is 3. The van der Waals surface area contributed by atoms with Crippen LogP contribution in [0.1, 0.15) is 5.56 Å². The molecule has 0 aliphatic heterocycles. The molecule has 24 heavy (non-hydrogen) atoms. The van der Waals surface area contributed by atoms with Crippen molar-refractivity contribution in [2.45, 2.75) is 6.42 Å². The van der Waals surface area contributed by atoms with Crippen molar-refractivity contribution in [3.8, 4) is 0 Å². The molecule has 0 saturated carbocycles. The zero-order valence-corrected chi connectivity index (χ0v) is 15.3. The van der Waals surface area contributed by atoms with Crippen molar-refractivity contribution in [1.82, 2.24) is 5.32 Å². The van der Waals surface area contributed by atoms with E-state index in [0.717, 1.165) is 15.7 Å². The molecule has 0 atom stereocenters. The Bertz CT molecular complexity index is 714. The third-order valence-electron chi connectivity index (χ3n) is 3.42. The lowest BCUT2D eigenvalue weighted by Gasteiger charge is -2.13. The Labute approximate surface area is 150 Å². The van der Waals surface area contributed by atoms with Crippen molar-refractivity contribution in [2.24, 2.45) is 0 Å². The fourth-order valence-corrected chi connectivity index (χ4v) is 2.53. The van der Waals surface area contributed by atoms with Gasteiger partial charge in [0.25, 0.3) is 0 Å². The molecule has 0 bridgehead atoms. The Morgan fingerprint density at radius 2 is 1.67 bits per heavy atom. The molecule has 0 unspecified atom stereocenters. The summed E-state index contributed by atoms with van der Waals surface area (Å²) in [6, 6.07) is 15.0. The average molecular weight is 390 g/mol. The van der Waals surface area contributed by atoms with Gasteiger partial charge in [-0.2, -0.15) is 0 Å². The van der Waals surface area contributed by atoms with Crippen LogP contribution in [0.25, 0.3) is 0 Å². The zero-order chi connectivity index (χ0) is 17.5. The Balaban J connectivity index is 1.80. The average Bonchev–Trinajstić information content (AvgIpc) is 2.55. The summed E-state index contributed by atoms with van der Waals surface area (Å²) < 4.78 is 0.880. The number of nitrogens with zero attached hydrogens (tertiary/aromatic N) is 1. The van der Waals surface area contributed by atoms with Gasteiger partial charge in [-0.05, 0) is 35.9 Å². The Hall–Kier alpha value is -2.34. The normalized spacial score (nSPS) is 10.1. The van der Waals surface area contributed by atoms with Crippen LogP contribution < -0.4 is 15.5 Å². The predicted molar refractivity (Wildman–Crippen MR) is 100 cm³/mol. The summed E-state index contributed by atoms with van der Waals surface area (Å²) in [7, 11) is 3.91. The second-order valence-electron chi connectivity index (χ2n) is 5.53. The van der Waals surface area contributed by atoms with E-state index in [0.29, 0.717) is 5.69 Å². The molecule has 0 radical (unpaired) electrons. The topological polar surface area (TPSA) is 61.4 Å². The molecule has 0 aliphatic carbocycles. The van der Waals surface area contributed by atoms with E-state index in [9.17, 15) is 9.59 Å². The molecule has 2 rings (SSSR count). The van der Waals surface area contributed by atoms with Gasteiger partial charge in [0.2, 0.25) is 11.8 Å². The van der Waals surface area contributed by atoms with E-state index < -0.39 is 0 Å². The van der Waals surface area contributed by atoms with Crippen molar-refractivity contribution in [3.63, 3.8) is 0 Å². The van der Waals surface area contributed by atoms with E-state index in [4.69, 9.17) is 0 Å². The fourth-order valence-electron chi connectivity index (χ4n) is 2.10. The monoisotopic (exact) mass is 389 g/mol. The molecule has 2 amide bonds. The number of benzene rings is 2. The lowest BCUT2D eigenvalue weighted by atomic mass is 10.1. The van der Waals surface area contributed by atoms with Gasteiger partial charge >= 0.3 is 0 Å². The maximum absolute atomic E-state index is 11.9. The molecule has 5 nitrogen and oxygen atoms in total. The van der Waals surface area contributed by atoms with Gasteiger partial charge in [-0.1, -0.05) is 34.1 Å². The van der Waals surface area contributed by atoms with Gasteiger partial charge in [0.05, 0.1) is 13.0 Å². The van der Waals surface area contributed by atoms with Crippen LogP contribution in [0.3, 0.4) is 0 Å². The van der Waals surface area contributed by atoms with E-state index in [1.807, 2.05) is 67.5 Å². The highest BCUT2D eigenvalue weighted by Crippen LogP contribution is 2.16. The quantitative estimate of drug-likeness (QED) is 0.798. The smallest absolute Gasteiger partial charge is 0.243 e. The molecule has 6 heteroatoms. The Morgan fingerprint density at radius 3 is 2.29 bits per heavy atom. The standard InChI is InChI=1S/C18H20BrN3O2/c1-22(2)15-9-7-14(8-10-15)21-18(24)12-20-17(23)11-13-5-3-4-6-16(13)19/h3-10H,11-12H2,1-2H3,(H,20,23)(H,21,24). The van der Waals surface area contributed by atoms with Crippen LogP contribution in [0.5, 0.6) is 0 Å². The Morgan fingerprint density at radius 1 is 1.00 bits per heavy atom. The number of carbonyl (C=O) groups excluding carboxylic acids is 2. The minimum absolute atomic E-state index is 0.0568. The van der Waals surface area contributed by atoms with E-state index in [2.05, 4.69) is 26.6 Å². The number of hydrogen-bond donors (Lipinski definition) is 2. The maximum Gasteiger partial charge on any atom is 0.243 e. The second-order valence-corrected chi connectivity index (χ2v) is 6.39. The van der Waals surface area contributed by atoms with Crippen LogP contribution in [0.4, 0.5) is 11.4 Å². The minimum Gasteiger partial charge on any atom is -0.378 e. The largest absolute Gasteiger partial charge is 0.378 e. The number of anilines is 2. The molecule has 0 fully saturated rings. The summed E-state index contributed by atoms with van der Waals surface area (Å²) >= 11 is 3.40. The molecule has 0 spiro atoms. The number of halogens is 1. The maximum atomic E-state index is 11.9. The highest BCUT2D eigenvalue weighted by molar-refractivity contribution is 9.10. The van der Waals surface area contributed by atoms with Crippen molar-refractivity contribution in [3.05, 3.63) is 58.6 Å². The third-order valence-corrected chi connectivity index (χ3v) is 4.20. The van der Waals surface area contributed by atoms with E-state index in [1.165, 1.54) is 0 Å². The lowest BCUT2D eigenvalue weighted by molar-refractivity contribution is -0.123. The fraction of sp³-hybridized carbons (Fsp3) is 0.222. The molecular weight excluding hydrogens is 370 g/mol. The molecule has 2 N–H and O–H groups in total. The number of nitrogens with one attached hydrogen (secondary N) is 2. The summed E-state index contributed by atoms with van der Waals surface area (Å²) in [5.41, 5.74) is 2.63. The summed E-state index contributed by atoms with van der Waals surface area (Å²) in [5, 5.41) is 5.39. The first-order valence-corrected chi connectivity index (χ1v) is 8.32. The predicted octanol–water partition coefficient (Wildman–Crippen LogP) is 2.81. The van der Waals surface area contributed by atoms with Crippen LogP contribution in [0.15, 0.2) is 53.0 Å². The van der Waals surface area contributed by atoms with Crippen molar-refractivity contribution in [2.75, 3.05) is 30.9 Å². The summed E-state index contributed by atoms with van der Waals surface area (Å²) in [4.78, 5) is 25.8. The van der Waals surface area contributed by atoms with Crippen molar-refractivity contribution < 1.29 is 9.59 Å². The number of rotatable bonds is 6. The molecule has 126 valence electrons. The SMILES string of the molecule is CN(C)c1ccc(NC(=O)CNC(=O)Cc2ccccc2Br)cc1. The van der Waals surface area contributed by atoms with Gasteiger partial charge in [-0.15, -0.1) is 0 Å². The number of carbonyl (C=O) groups is 2. The molecule has 0 heterocycles. The lowest BCUT2D eigenvalue weighted by Crippen LogP contribution is -2.33. The van der Waals surface area contributed by atoms with E-state index >= 15 is 0 Å². The minimum atomic E-state index is -0.256. The first kappa shape index (κ1) is 18.0. The molecule has 0 saturated heterocycles. The Kier molecular flexibility index (Phi) is 6.37. The highest BCUT2D eigenvalue weighted by atomic mass is 79.9. The summed E-state index contributed by atoms with van der Waals surface area (Å²) in [6.07, 6.45) is 0.228. The van der Waals surface area contributed by atoms with Crippen LogP contribution in [-0.2, 0) is 16.0 Å². The van der Waals surface area contributed by atoms with Crippen LogP contribution in [0, 0.1) is 0 Å². The molecular formula is C18H20BrN3O2. The zero-order valence-electron chi connectivity index (χ0n) is 13.7. The van der Waals surface area contributed by atoms with Crippen LogP contribution >= 0.6 is 15.9 Å². The van der Waals surface area contributed by atoms with Crippen LogP contribution in [-0.4, -0.2) is 32.5 Å². The molecule has 2 aromatic rings. The molecule has 0 aliphatic rings. The molecule has 0 aromatic heterocycles. The third kappa shape index (κ3) is 5.38. The van der Waals surface area contributed by atoms with Gasteiger partial charge in [0, 0.05) is 29.9 Å². The van der Waals surface area contributed by atoms with Gasteiger partial charge in [-0.3, -0.25) is 9.59 Å². The van der Waals surface area contributed by atoms with E-state index in [-0.39, 0.29) is 24.8 Å². The van der Waals surface area contributed by atoms with Crippen LogP contribution in [0.2, 0.25) is 0 Å². The van der Waals surface area contributed by atoms with Gasteiger partial charge in [-0.25, -0.2) is 0 Å². The summed E-state index contributed by atoms with van der Waals surface area (Å²) in [5.74, 6) is -0.451. The molecule has 2 aromatic carbocycles. The van der Waals surface area contributed by atoms with Gasteiger partial charge in [0.15, 0.2) is 0 Å². The van der Waals surface area contributed by atoms with Gasteiger partial charge in [0.1, 0.15) is 0 Å². The first-order valence-electron chi connectivity index (χ1n) is 7.53. The second kappa shape index (κ2) is 8.49. The number of amides is 2. The van der Waals surface area contributed by atoms with Crippen molar-refractivity contribution in [1.29, 1.82) is 0 Å².